The van der Waals surface area contributed by atoms with Gasteiger partial charge in [0.1, 0.15) is 6.04 Å². The molecule has 0 saturated heterocycles. The Hall–Kier alpha value is -2.52. The average Bonchev–Trinajstić information content (AvgIpc) is 2.42. The Bertz CT molecular complexity index is 482. The number of rotatable bonds is 5. The molecule has 6 nitrogen and oxygen atoms in total. The number of benzene rings is 1. The predicted octanol–water partition coefficient (Wildman–Crippen LogP) is 0.201. The van der Waals surface area contributed by atoms with Gasteiger partial charge in [-0.2, -0.15) is 0 Å². The molecule has 0 bridgehead atoms. The summed E-state index contributed by atoms with van der Waals surface area (Å²) in [7, 11) is 0. The molecule has 1 rings (SSSR count). The van der Waals surface area contributed by atoms with Gasteiger partial charge < -0.3 is 5.11 Å². The number of nitrogens with one attached hydrogen (secondary N) is 1. The molecule has 0 aromatic heterocycles. The van der Waals surface area contributed by atoms with Gasteiger partial charge in [-0.3, -0.25) is 10.3 Å². The normalized spacial score (nSPS) is 11.2. The van der Waals surface area contributed by atoms with E-state index in [0.29, 0.717) is 0 Å². The van der Waals surface area contributed by atoms with Crippen molar-refractivity contribution < 1.29 is 14.7 Å². The molecule has 0 radical (unpaired) electrons. The Morgan fingerprint density at radius 2 is 2.05 bits per heavy atom. The Morgan fingerprint density at radius 3 is 2.53 bits per heavy atom. The summed E-state index contributed by atoms with van der Waals surface area (Å²) < 4.78 is 0. The molecular weight excluding hydrogens is 246 g/mol. The molecule has 0 heterocycles. The third-order valence-electron chi connectivity index (χ3n) is 2.58. The average molecular weight is 261 g/mol. The van der Waals surface area contributed by atoms with E-state index in [0.717, 1.165) is 10.5 Å². The fraction of sp³-hybridized carbons (Fsp3) is 0.231. The van der Waals surface area contributed by atoms with Crippen LogP contribution in [0.2, 0.25) is 0 Å². The minimum Gasteiger partial charge on any atom is -0.480 e. The lowest BCUT2D eigenvalue weighted by molar-refractivity contribution is -0.142. The standard InChI is InChI=1S/C13H15N3O3/c1-2-8-16(13(19)15-14)11(12(17)18)9-10-6-4-3-5-7-10/h1,3-7,11H,8-9,14H2,(H,15,19)(H,17,18)/t11-/m0/s1. The van der Waals surface area contributed by atoms with E-state index in [4.69, 9.17) is 12.3 Å². The highest BCUT2D eigenvalue weighted by Crippen LogP contribution is 2.09. The van der Waals surface area contributed by atoms with Gasteiger partial charge >= 0.3 is 12.0 Å². The predicted molar refractivity (Wildman–Crippen MR) is 69.8 cm³/mol. The maximum atomic E-state index is 11.6. The van der Waals surface area contributed by atoms with Gasteiger partial charge in [0, 0.05) is 6.42 Å². The molecule has 4 N–H and O–H groups in total. The second-order valence-electron chi connectivity index (χ2n) is 3.83. The number of hydrazine groups is 1. The third-order valence-corrected chi connectivity index (χ3v) is 2.58. The van der Waals surface area contributed by atoms with E-state index in [1.165, 1.54) is 0 Å². The SMILES string of the molecule is C#CCN(C(=O)NN)[C@@H](Cc1ccccc1)C(=O)O. The van der Waals surface area contributed by atoms with Crippen LogP contribution in [0.1, 0.15) is 5.56 Å². The fourth-order valence-electron chi connectivity index (χ4n) is 1.67. The van der Waals surface area contributed by atoms with Gasteiger partial charge in [-0.1, -0.05) is 36.3 Å². The van der Waals surface area contributed by atoms with Crippen LogP contribution in [-0.4, -0.2) is 34.6 Å². The van der Waals surface area contributed by atoms with Crippen LogP contribution in [0.5, 0.6) is 0 Å². The summed E-state index contributed by atoms with van der Waals surface area (Å²) in [5, 5.41) is 9.24. The van der Waals surface area contributed by atoms with Crippen molar-refractivity contribution in [2.45, 2.75) is 12.5 Å². The van der Waals surface area contributed by atoms with E-state index in [1.807, 2.05) is 11.5 Å². The van der Waals surface area contributed by atoms with E-state index in [1.54, 1.807) is 24.3 Å². The van der Waals surface area contributed by atoms with Crippen LogP contribution in [-0.2, 0) is 11.2 Å². The van der Waals surface area contributed by atoms with E-state index in [2.05, 4.69) is 5.92 Å². The maximum absolute atomic E-state index is 11.6. The van der Waals surface area contributed by atoms with Gasteiger partial charge in [-0.15, -0.1) is 6.42 Å². The number of terminal acetylenes is 1. The van der Waals surface area contributed by atoms with Crippen molar-refractivity contribution in [2.75, 3.05) is 6.54 Å². The molecule has 0 aliphatic heterocycles. The molecule has 0 saturated carbocycles. The van der Waals surface area contributed by atoms with Crippen LogP contribution >= 0.6 is 0 Å². The largest absolute Gasteiger partial charge is 0.480 e. The summed E-state index contributed by atoms with van der Waals surface area (Å²) in [6.45, 7) is -0.132. The minimum atomic E-state index is -1.14. The third kappa shape index (κ3) is 4.01. The molecule has 1 aromatic rings. The first kappa shape index (κ1) is 14.5. The molecule has 1 atom stereocenters. The number of urea groups is 1. The fourth-order valence-corrected chi connectivity index (χ4v) is 1.67. The zero-order chi connectivity index (χ0) is 14.3. The molecule has 2 amide bonds. The van der Waals surface area contributed by atoms with E-state index in [-0.39, 0.29) is 13.0 Å². The number of hydrogen-bond donors (Lipinski definition) is 3. The van der Waals surface area contributed by atoms with Crippen molar-refractivity contribution >= 4 is 12.0 Å². The number of nitrogens with two attached hydrogens (primary N) is 1. The first-order valence-electron chi connectivity index (χ1n) is 5.57. The lowest BCUT2D eigenvalue weighted by atomic mass is 10.0. The monoisotopic (exact) mass is 261 g/mol. The van der Waals surface area contributed by atoms with Gasteiger partial charge in [0.15, 0.2) is 0 Å². The zero-order valence-corrected chi connectivity index (χ0v) is 10.2. The van der Waals surface area contributed by atoms with Gasteiger partial charge in [0.25, 0.3) is 0 Å². The topological polar surface area (TPSA) is 95.7 Å². The van der Waals surface area contributed by atoms with Gasteiger partial charge in [-0.25, -0.2) is 15.4 Å². The number of carboxylic acid groups (broad SMARTS) is 1. The molecule has 0 aliphatic rings. The van der Waals surface area contributed by atoms with Gasteiger partial charge in [-0.05, 0) is 5.56 Å². The summed E-state index contributed by atoms with van der Waals surface area (Å²) in [6, 6.07) is 7.19. The van der Waals surface area contributed by atoms with Crippen LogP contribution in [0.15, 0.2) is 30.3 Å². The molecule has 0 spiro atoms. The van der Waals surface area contributed by atoms with Crippen LogP contribution in [0.3, 0.4) is 0 Å². The lowest BCUT2D eigenvalue weighted by Crippen LogP contribution is -2.52. The van der Waals surface area contributed by atoms with E-state index in [9.17, 15) is 14.7 Å². The first-order chi connectivity index (χ1) is 9.10. The Balaban J connectivity index is 2.95. The highest BCUT2D eigenvalue weighted by molar-refractivity contribution is 5.82. The summed E-state index contributed by atoms with van der Waals surface area (Å²) in [5.41, 5.74) is 2.69. The number of aliphatic carboxylic acids is 1. The van der Waals surface area contributed by atoms with E-state index >= 15 is 0 Å². The number of carbonyl (C=O) groups is 2. The molecule has 6 heteroatoms. The van der Waals surface area contributed by atoms with Gasteiger partial charge in [0.2, 0.25) is 0 Å². The zero-order valence-electron chi connectivity index (χ0n) is 10.2. The molecular formula is C13H15N3O3. The Kier molecular flexibility index (Phi) is 5.38. The highest BCUT2D eigenvalue weighted by atomic mass is 16.4. The number of amides is 2. The quantitative estimate of drug-likeness (QED) is 0.305. The van der Waals surface area contributed by atoms with E-state index < -0.39 is 18.0 Å². The number of carboxylic acids is 1. The van der Waals surface area contributed by atoms with Crippen molar-refractivity contribution in [3.05, 3.63) is 35.9 Å². The van der Waals surface area contributed by atoms with Crippen molar-refractivity contribution in [3.8, 4) is 12.3 Å². The molecule has 100 valence electrons. The highest BCUT2D eigenvalue weighted by Gasteiger charge is 2.28. The van der Waals surface area contributed by atoms with Gasteiger partial charge in [0.05, 0.1) is 6.54 Å². The minimum absolute atomic E-state index is 0.132. The first-order valence-corrected chi connectivity index (χ1v) is 5.57. The van der Waals surface area contributed by atoms with Crippen LogP contribution in [0, 0.1) is 12.3 Å². The molecule has 1 aromatic carbocycles. The van der Waals surface area contributed by atoms with Crippen molar-refractivity contribution in [1.29, 1.82) is 0 Å². The summed E-state index contributed by atoms with van der Waals surface area (Å²) in [6.07, 6.45) is 5.31. The molecule has 19 heavy (non-hydrogen) atoms. The van der Waals surface area contributed by atoms with Crippen molar-refractivity contribution in [3.63, 3.8) is 0 Å². The number of nitrogens with zero attached hydrogens (tertiary/aromatic N) is 1. The Labute approximate surface area is 111 Å². The van der Waals surface area contributed by atoms with Crippen LogP contribution in [0.25, 0.3) is 0 Å². The molecule has 0 fully saturated rings. The van der Waals surface area contributed by atoms with Crippen LogP contribution in [0.4, 0.5) is 4.79 Å². The number of hydrogen-bond acceptors (Lipinski definition) is 3. The summed E-state index contributed by atoms with van der Waals surface area (Å²) in [4.78, 5) is 23.9. The Morgan fingerprint density at radius 1 is 1.42 bits per heavy atom. The lowest BCUT2D eigenvalue weighted by Gasteiger charge is -2.26. The molecule has 0 aliphatic carbocycles. The smallest absolute Gasteiger partial charge is 0.333 e. The maximum Gasteiger partial charge on any atom is 0.333 e. The number of carbonyl (C=O) groups excluding carboxylic acids is 1. The van der Waals surface area contributed by atoms with Crippen LogP contribution < -0.4 is 11.3 Å². The van der Waals surface area contributed by atoms with Crippen molar-refractivity contribution in [1.82, 2.24) is 10.3 Å². The second-order valence-corrected chi connectivity index (χ2v) is 3.83. The summed E-state index contributed by atoms with van der Waals surface area (Å²) in [5.74, 6) is 6.15. The summed E-state index contributed by atoms with van der Waals surface area (Å²) >= 11 is 0. The van der Waals surface area contributed by atoms with Crippen molar-refractivity contribution in [2.24, 2.45) is 5.84 Å². The second kappa shape index (κ2) is 7.03. The molecule has 0 unspecified atom stereocenters.